The molecule has 1 aliphatic heterocycles. The molecule has 1 amide bonds. The number of likely N-dealkylation sites (tertiary alicyclic amines) is 1. The molecule has 0 aromatic heterocycles. The zero-order valence-electron chi connectivity index (χ0n) is 17.4. The number of nitrogens with zero attached hydrogens (tertiary/aromatic N) is 1. The van der Waals surface area contributed by atoms with Crippen LogP contribution in [0.1, 0.15) is 73.2 Å². The first kappa shape index (κ1) is 19.8. The third-order valence-corrected chi connectivity index (χ3v) is 8.98. The Kier molecular flexibility index (Phi) is 4.37. The molecule has 0 spiro atoms. The van der Waals surface area contributed by atoms with Crippen LogP contribution in [0.25, 0.3) is 0 Å². The number of amides is 1. The molecule has 5 aliphatic carbocycles. The molecule has 1 aromatic rings. The fraction of sp³-hybridized carbons (Fsp3) is 0.667. The highest BCUT2D eigenvalue weighted by Crippen LogP contribution is 2.64. The predicted molar refractivity (Wildman–Crippen MR) is 112 cm³/mol. The van der Waals surface area contributed by atoms with Crippen molar-refractivity contribution in [2.24, 2.45) is 17.8 Å². The maximum atomic E-state index is 15.2. The van der Waals surface area contributed by atoms with E-state index in [1.807, 2.05) is 0 Å². The Labute approximate surface area is 185 Å². The van der Waals surface area contributed by atoms with Gasteiger partial charge in [-0.1, -0.05) is 0 Å². The van der Waals surface area contributed by atoms with Crippen LogP contribution in [0.5, 0.6) is 5.75 Å². The van der Waals surface area contributed by atoms with Gasteiger partial charge in [0, 0.05) is 18.5 Å². The van der Waals surface area contributed by atoms with Crippen LogP contribution in [0.3, 0.4) is 0 Å². The lowest BCUT2D eigenvalue weighted by molar-refractivity contribution is -0.141. The largest absolute Gasteiger partial charge is 0.489 e. The van der Waals surface area contributed by atoms with Crippen LogP contribution < -0.4 is 4.74 Å². The molecule has 31 heavy (non-hydrogen) atoms. The minimum absolute atomic E-state index is 0.0182. The molecule has 4 bridgehead atoms. The van der Waals surface area contributed by atoms with E-state index < -0.39 is 23.7 Å². The van der Waals surface area contributed by atoms with Crippen molar-refractivity contribution < 1.29 is 23.8 Å². The second kappa shape index (κ2) is 6.84. The number of carbonyl (C=O) groups is 2. The number of aliphatic carboxylic acids is 1. The lowest BCUT2D eigenvalue weighted by atomic mass is 9.80. The molecule has 4 unspecified atom stereocenters. The fourth-order valence-corrected chi connectivity index (χ4v) is 7.58. The van der Waals surface area contributed by atoms with E-state index in [0.29, 0.717) is 42.9 Å². The molecule has 6 aliphatic rings. The quantitative estimate of drug-likeness (QED) is 0.671. The summed E-state index contributed by atoms with van der Waals surface area (Å²) in [7, 11) is 0. The van der Waals surface area contributed by atoms with Gasteiger partial charge in [0.05, 0.1) is 10.4 Å². The minimum atomic E-state index is -1.03. The highest BCUT2D eigenvalue weighted by molar-refractivity contribution is 6.24. The standard InChI is InChI=1S/C24H27ClFNO4/c25-24-10-12-6-14(11-24)21(17(24)7-12)31-20-9-18(26)16(8-15(20)13-3-4-13)22(28)27-5-1-2-19(27)23(29)30/h8-9,12-14,17,19,21H,1-7,10-11H2,(H,29,30)/t12?,14?,17?,19-,21-,24?/m0/s1. The van der Waals surface area contributed by atoms with Crippen molar-refractivity contribution >= 4 is 23.5 Å². The molecule has 1 saturated heterocycles. The van der Waals surface area contributed by atoms with Crippen LogP contribution in [0.4, 0.5) is 4.39 Å². The summed E-state index contributed by atoms with van der Waals surface area (Å²) in [4.78, 5) is 25.7. The van der Waals surface area contributed by atoms with Gasteiger partial charge < -0.3 is 14.7 Å². The molecule has 1 heterocycles. The zero-order chi connectivity index (χ0) is 21.5. The Morgan fingerprint density at radius 3 is 2.71 bits per heavy atom. The van der Waals surface area contributed by atoms with Gasteiger partial charge in [0.15, 0.2) is 0 Å². The summed E-state index contributed by atoms with van der Waals surface area (Å²) in [5.74, 6) is 0.0632. The van der Waals surface area contributed by atoms with Crippen molar-refractivity contribution in [1.29, 1.82) is 0 Å². The highest BCUT2D eigenvalue weighted by atomic mass is 35.5. The van der Waals surface area contributed by atoms with Gasteiger partial charge in [-0.05, 0) is 80.8 Å². The molecule has 166 valence electrons. The van der Waals surface area contributed by atoms with E-state index in [1.165, 1.54) is 11.0 Å². The van der Waals surface area contributed by atoms with Gasteiger partial charge in [0.2, 0.25) is 0 Å². The van der Waals surface area contributed by atoms with Crippen LogP contribution in [0.15, 0.2) is 12.1 Å². The van der Waals surface area contributed by atoms with Crippen molar-refractivity contribution in [2.45, 2.75) is 74.3 Å². The maximum absolute atomic E-state index is 15.2. The van der Waals surface area contributed by atoms with Gasteiger partial charge in [0.1, 0.15) is 23.7 Å². The second-order valence-corrected chi connectivity index (χ2v) is 11.1. The van der Waals surface area contributed by atoms with Gasteiger partial charge in [-0.25, -0.2) is 9.18 Å². The second-order valence-electron chi connectivity index (χ2n) is 10.4. The molecule has 6 fully saturated rings. The average molecular weight is 448 g/mol. The lowest BCUT2D eigenvalue weighted by Gasteiger charge is -2.33. The van der Waals surface area contributed by atoms with Gasteiger partial charge in [-0.3, -0.25) is 4.79 Å². The summed E-state index contributed by atoms with van der Waals surface area (Å²) in [5.41, 5.74) is 0.849. The van der Waals surface area contributed by atoms with E-state index in [1.54, 1.807) is 6.07 Å². The number of halogens is 2. The topological polar surface area (TPSA) is 66.8 Å². The molecule has 7 heteroatoms. The fourth-order valence-electron chi connectivity index (χ4n) is 6.95. The minimum Gasteiger partial charge on any atom is -0.489 e. The van der Waals surface area contributed by atoms with Crippen molar-refractivity contribution in [2.75, 3.05) is 6.54 Å². The summed E-state index contributed by atoms with van der Waals surface area (Å²) in [6.45, 7) is 0.344. The Morgan fingerprint density at radius 2 is 2.00 bits per heavy atom. The summed E-state index contributed by atoms with van der Waals surface area (Å²) < 4.78 is 21.7. The van der Waals surface area contributed by atoms with E-state index in [0.717, 1.165) is 44.1 Å². The van der Waals surface area contributed by atoms with Crippen molar-refractivity contribution in [3.63, 3.8) is 0 Å². The van der Waals surface area contributed by atoms with Crippen LogP contribution in [0.2, 0.25) is 0 Å². The molecule has 1 N–H and O–H groups in total. The van der Waals surface area contributed by atoms with Gasteiger partial charge >= 0.3 is 5.97 Å². The number of carboxylic acid groups (broad SMARTS) is 1. The Bertz CT molecular complexity index is 965. The number of carboxylic acids is 1. The third-order valence-electron chi connectivity index (χ3n) is 8.39. The number of ether oxygens (including phenoxy) is 1. The van der Waals surface area contributed by atoms with Gasteiger partial charge in [-0.2, -0.15) is 0 Å². The first-order valence-corrected chi connectivity index (χ1v) is 11.9. The van der Waals surface area contributed by atoms with E-state index in [4.69, 9.17) is 16.3 Å². The first-order valence-electron chi connectivity index (χ1n) is 11.6. The molecule has 6 atom stereocenters. The smallest absolute Gasteiger partial charge is 0.326 e. The normalized spacial score (nSPS) is 38.1. The number of carbonyl (C=O) groups excluding carboxylic acids is 1. The molecular formula is C24H27ClFNO4. The number of rotatable bonds is 5. The van der Waals surface area contributed by atoms with Crippen LogP contribution >= 0.6 is 11.6 Å². The average Bonchev–Trinajstić information content (AvgIpc) is 3.33. The van der Waals surface area contributed by atoms with Crippen molar-refractivity contribution in [3.05, 3.63) is 29.1 Å². The number of hydrogen-bond donors (Lipinski definition) is 1. The van der Waals surface area contributed by atoms with E-state index in [-0.39, 0.29) is 22.5 Å². The molecule has 1 aromatic carbocycles. The molecule has 5 saturated carbocycles. The summed E-state index contributed by atoms with van der Waals surface area (Å²) >= 11 is 6.93. The first-order chi connectivity index (χ1) is 14.8. The van der Waals surface area contributed by atoms with Crippen molar-refractivity contribution in [1.82, 2.24) is 4.90 Å². The maximum Gasteiger partial charge on any atom is 0.326 e. The number of benzene rings is 1. The van der Waals surface area contributed by atoms with Crippen molar-refractivity contribution in [3.8, 4) is 5.75 Å². The molecular weight excluding hydrogens is 421 g/mol. The zero-order valence-corrected chi connectivity index (χ0v) is 18.1. The number of hydrogen-bond acceptors (Lipinski definition) is 3. The lowest BCUT2D eigenvalue weighted by Crippen LogP contribution is -2.40. The highest BCUT2D eigenvalue weighted by Gasteiger charge is 2.63. The van der Waals surface area contributed by atoms with Crippen LogP contribution in [-0.4, -0.2) is 45.4 Å². The monoisotopic (exact) mass is 447 g/mol. The van der Waals surface area contributed by atoms with E-state index in [9.17, 15) is 14.7 Å². The molecule has 0 radical (unpaired) electrons. The summed E-state index contributed by atoms with van der Waals surface area (Å²) in [6.07, 6.45) is 7.30. The molecule has 7 rings (SSSR count). The Hall–Kier alpha value is -1.82. The summed E-state index contributed by atoms with van der Waals surface area (Å²) in [6, 6.07) is 2.12. The Balaban J connectivity index is 1.30. The van der Waals surface area contributed by atoms with E-state index in [2.05, 4.69) is 0 Å². The molecule has 5 nitrogen and oxygen atoms in total. The SMILES string of the molecule is O=C(O)[C@@H]1CCCN1C(=O)c1cc(C2CC2)c(O[C@H]2C3CC4CC2C(Cl)(C4)C3)cc1F. The third kappa shape index (κ3) is 3.08. The van der Waals surface area contributed by atoms with Gasteiger partial charge in [-0.15, -0.1) is 11.6 Å². The Morgan fingerprint density at radius 1 is 1.19 bits per heavy atom. The predicted octanol–water partition coefficient (Wildman–Crippen LogP) is 4.57. The summed E-state index contributed by atoms with van der Waals surface area (Å²) in [5, 5.41) is 9.41. The van der Waals surface area contributed by atoms with Gasteiger partial charge in [0.25, 0.3) is 5.91 Å². The van der Waals surface area contributed by atoms with Crippen LogP contribution in [0, 0.1) is 23.6 Å². The van der Waals surface area contributed by atoms with Crippen LogP contribution in [-0.2, 0) is 4.79 Å². The van der Waals surface area contributed by atoms with E-state index >= 15 is 4.39 Å². The number of alkyl halides is 1.